The quantitative estimate of drug-likeness (QED) is 0.735. The zero-order valence-corrected chi connectivity index (χ0v) is 13.4. The van der Waals surface area contributed by atoms with Crippen molar-refractivity contribution in [3.63, 3.8) is 0 Å². The number of nitrogens with one attached hydrogen (secondary N) is 1. The largest absolute Gasteiger partial charge is 0.390 e. The summed E-state index contributed by atoms with van der Waals surface area (Å²) in [6, 6.07) is 16.1. The van der Waals surface area contributed by atoms with E-state index in [1.54, 1.807) is 0 Å². The average Bonchev–Trinajstić information content (AvgIpc) is 2.52. The van der Waals surface area contributed by atoms with Gasteiger partial charge in [-0.3, -0.25) is 0 Å². The third-order valence-electron chi connectivity index (χ3n) is 4.19. The molecule has 0 saturated heterocycles. The summed E-state index contributed by atoms with van der Waals surface area (Å²) in [6.07, 6.45) is 0.137. The standard InChI is InChI=1S/C19H26N2O/c1-14-7-6-10-17(15(14)2)12-21-13-19(22)18(20)11-16-8-4-3-5-9-16/h3-10,18-19,21-22H,11-13,20H2,1-2H3/t18-,19+/m0/s1. The minimum Gasteiger partial charge on any atom is -0.390 e. The number of nitrogens with two attached hydrogens (primary N) is 1. The maximum Gasteiger partial charge on any atom is 0.0818 e. The first-order valence-corrected chi connectivity index (χ1v) is 7.81. The molecule has 3 nitrogen and oxygen atoms in total. The van der Waals surface area contributed by atoms with Crippen molar-refractivity contribution in [3.05, 3.63) is 70.8 Å². The van der Waals surface area contributed by atoms with Gasteiger partial charge in [0.25, 0.3) is 0 Å². The van der Waals surface area contributed by atoms with Crippen LogP contribution in [0.2, 0.25) is 0 Å². The first-order valence-electron chi connectivity index (χ1n) is 7.81. The smallest absolute Gasteiger partial charge is 0.0818 e. The lowest BCUT2D eigenvalue weighted by Crippen LogP contribution is -2.43. The van der Waals surface area contributed by atoms with Crippen molar-refractivity contribution in [2.75, 3.05) is 6.54 Å². The molecule has 2 aromatic rings. The van der Waals surface area contributed by atoms with Crippen molar-refractivity contribution in [3.8, 4) is 0 Å². The van der Waals surface area contributed by atoms with E-state index in [1.165, 1.54) is 16.7 Å². The molecule has 0 unspecified atom stereocenters. The molecule has 0 aliphatic heterocycles. The molecular weight excluding hydrogens is 272 g/mol. The van der Waals surface area contributed by atoms with E-state index in [1.807, 2.05) is 30.3 Å². The Kier molecular flexibility index (Phi) is 6.13. The zero-order valence-electron chi connectivity index (χ0n) is 13.4. The molecule has 0 aliphatic carbocycles. The van der Waals surface area contributed by atoms with Gasteiger partial charge in [-0.25, -0.2) is 0 Å². The Bertz CT molecular complexity index is 583. The molecule has 0 amide bonds. The second kappa shape index (κ2) is 8.08. The molecule has 0 aromatic heterocycles. The first kappa shape index (κ1) is 16.7. The SMILES string of the molecule is Cc1cccc(CNC[C@@H](O)[C@@H](N)Cc2ccccc2)c1C. The van der Waals surface area contributed by atoms with Gasteiger partial charge in [0, 0.05) is 19.1 Å². The Morgan fingerprint density at radius 3 is 2.50 bits per heavy atom. The summed E-state index contributed by atoms with van der Waals surface area (Å²) in [4.78, 5) is 0. The van der Waals surface area contributed by atoms with E-state index in [9.17, 15) is 5.11 Å². The molecule has 2 atom stereocenters. The van der Waals surface area contributed by atoms with Gasteiger partial charge in [-0.1, -0.05) is 48.5 Å². The van der Waals surface area contributed by atoms with E-state index in [0.29, 0.717) is 13.0 Å². The van der Waals surface area contributed by atoms with Crippen molar-refractivity contribution in [2.45, 2.75) is 39.0 Å². The van der Waals surface area contributed by atoms with Crippen LogP contribution in [0.25, 0.3) is 0 Å². The van der Waals surface area contributed by atoms with E-state index >= 15 is 0 Å². The van der Waals surface area contributed by atoms with Crippen molar-refractivity contribution in [2.24, 2.45) is 5.73 Å². The molecule has 4 N–H and O–H groups in total. The van der Waals surface area contributed by atoms with E-state index < -0.39 is 6.10 Å². The average molecular weight is 298 g/mol. The summed E-state index contributed by atoms with van der Waals surface area (Å²) >= 11 is 0. The Morgan fingerprint density at radius 1 is 1.05 bits per heavy atom. The van der Waals surface area contributed by atoms with Crippen molar-refractivity contribution in [1.29, 1.82) is 0 Å². The predicted molar refractivity (Wildman–Crippen MR) is 91.8 cm³/mol. The van der Waals surface area contributed by atoms with Gasteiger partial charge in [-0.05, 0) is 42.5 Å². The minimum atomic E-state index is -0.551. The number of benzene rings is 2. The number of hydrogen-bond acceptors (Lipinski definition) is 3. The normalized spacial score (nSPS) is 13.8. The minimum absolute atomic E-state index is 0.256. The Hall–Kier alpha value is -1.68. The van der Waals surface area contributed by atoms with Gasteiger partial charge < -0.3 is 16.2 Å². The fourth-order valence-electron chi connectivity index (χ4n) is 2.53. The highest BCUT2D eigenvalue weighted by Crippen LogP contribution is 2.12. The second-order valence-electron chi connectivity index (χ2n) is 5.91. The molecule has 0 radical (unpaired) electrons. The van der Waals surface area contributed by atoms with Gasteiger partial charge >= 0.3 is 0 Å². The molecule has 0 saturated carbocycles. The Morgan fingerprint density at radius 2 is 1.77 bits per heavy atom. The van der Waals surface area contributed by atoms with E-state index in [-0.39, 0.29) is 6.04 Å². The van der Waals surface area contributed by atoms with Crippen LogP contribution in [0.4, 0.5) is 0 Å². The van der Waals surface area contributed by atoms with Crippen LogP contribution >= 0.6 is 0 Å². The molecule has 0 bridgehead atoms. The second-order valence-corrected chi connectivity index (χ2v) is 5.91. The van der Waals surface area contributed by atoms with Gasteiger partial charge in [0.05, 0.1) is 6.10 Å². The molecule has 118 valence electrons. The van der Waals surface area contributed by atoms with Gasteiger partial charge in [0.1, 0.15) is 0 Å². The molecule has 2 rings (SSSR count). The van der Waals surface area contributed by atoms with Gasteiger partial charge in [-0.15, -0.1) is 0 Å². The van der Waals surface area contributed by atoms with E-state index in [4.69, 9.17) is 5.73 Å². The van der Waals surface area contributed by atoms with Crippen LogP contribution < -0.4 is 11.1 Å². The predicted octanol–water partition coefficient (Wildman–Crippen LogP) is 2.32. The molecular formula is C19H26N2O. The first-order chi connectivity index (χ1) is 10.6. The fraction of sp³-hybridized carbons (Fsp3) is 0.368. The lowest BCUT2D eigenvalue weighted by Gasteiger charge is -2.20. The molecule has 0 fully saturated rings. The van der Waals surface area contributed by atoms with Crippen LogP contribution in [0, 0.1) is 13.8 Å². The molecule has 0 aliphatic rings. The number of aryl methyl sites for hydroxylation is 1. The summed E-state index contributed by atoms with van der Waals surface area (Å²) in [5.74, 6) is 0. The van der Waals surface area contributed by atoms with Crippen molar-refractivity contribution >= 4 is 0 Å². The highest BCUT2D eigenvalue weighted by molar-refractivity contribution is 5.32. The van der Waals surface area contributed by atoms with E-state index in [2.05, 4.69) is 37.4 Å². The number of aliphatic hydroxyl groups excluding tert-OH is 1. The fourth-order valence-corrected chi connectivity index (χ4v) is 2.53. The highest BCUT2D eigenvalue weighted by atomic mass is 16.3. The van der Waals surface area contributed by atoms with Gasteiger partial charge in [0.2, 0.25) is 0 Å². The lowest BCUT2D eigenvalue weighted by molar-refractivity contribution is 0.141. The summed E-state index contributed by atoms with van der Waals surface area (Å²) in [6.45, 7) is 5.50. The third kappa shape index (κ3) is 4.67. The maximum absolute atomic E-state index is 10.2. The molecule has 22 heavy (non-hydrogen) atoms. The monoisotopic (exact) mass is 298 g/mol. The molecule has 3 heteroatoms. The topological polar surface area (TPSA) is 58.3 Å². The summed E-state index contributed by atoms with van der Waals surface area (Å²) in [5.41, 5.74) is 11.1. The van der Waals surface area contributed by atoms with Crippen molar-refractivity contribution in [1.82, 2.24) is 5.32 Å². The molecule has 0 spiro atoms. The van der Waals surface area contributed by atoms with Crippen LogP contribution in [-0.2, 0) is 13.0 Å². The summed E-state index contributed by atoms with van der Waals surface area (Å²) in [7, 11) is 0. The molecule has 0 heterocycles. The highest BCUT2D eigenvalue weighted by Gasteiger charge is 2.15. The van der Waals surface area contributed by atoms with Crippen LogP contribution in [0.15, 0.2) is 48.5 Å². The summed E-state index contributed by atoms with van der Waals surface area (Å²) < 4.78 is 0. The van der Waals surface area contributed by atoms with Crippen LogP contribution in [0.5, 0.6) is 0 Å². The van der Waals surface area contributed by atoms with Crippen molar-refractivity contribution < 1.29 is 5.11 Å². The summed E-state index contributed by atoms with van der Waals surface area (Å²) in [5, 5.41) is 13.5. The number of hydrogen-bond donors (Lipinski definition) is 3. The van der Waals surface area contributed by atoms with Gasteiger partial charge in [0.15, 0.2) is 0 Å². The zero-order chi connectivity index (χ0) is 15.9. The Labute approximate surface area is 133 Å². The molecule has 2 aromatic carbocycles. The van der Waals surface area contributed by atoms with Crippen LogP contribution in [0.3, 0.4) is 0 Å². The maximum atomic E-state index is 10.2. The third-order valence-corrected chi connectivity index (χ3v) is 4.19. The van der Waals surface area contributed by atoms with Crippen LogP contribution in [-0.4, -0.2) is 23.8 Å². The lowest BCUT2D eigenvalue weighted by atomic mass is 10.0. The number of rotatable bonds is 7. The van der Waals surface area contributed by atoms with Gasteiger partial charge in [-0.2, -0.15) is 0 Å². The Balaban J connectivity index is 1.80. The number of aliphatic hydroxyl groups is 1. The van der Waals surface area contributed by atoms with Crippen LogP contribution in [0.1, 0.15) is 22.3 Å². The van der Waals surface area contributed by atoms with E-state index in [0.717, 1.165) is 12.1 Å².